The van der Waals surface area contributed by atoms with Crippen molar-refractivity contribution in [3.63, 3.8) is 0 Å². The Kier molecular flexibility index (Phi) is 4.54. The van der Waals surface area contributed by atoms with Gasteiger partial charge < -0.3 is 5.73 Å². The Labute approximate surface area is 127 Å². The van der Waals surface area contributed by atoms with Gasteiger partial charge >= 0.3 is 0 Å². The van der Waals surface area contributed by atoms with E-state index in [9.17, 15) is 8.42 Å². The summed E-state index contributed by atoms with van der Waals surface area (Å²) in [6.07, 6.45) is 0. The molecule has 0 atom stereocenters. The van der Waals surface area contributed by atoms with Gasteiger partial charge in [-0.15, -0.1) is 11.3 Å². The van der Waals surface area contributed by atoms with E-state index in [4.69, 9.17) is 18.0 Å². The molecule has 1 aromatic heterocycles. The van der Waals surface area contributed by atoms with Crippen molar-refractivity contribution in [2.24, 2.45) is 5.73 Å². The van der Waals surface area contributed by atoms with Crippen LogP contribution in [0.1, 0.15) is 16.0 Å². The SMILES string of the molecule is Cc1ccc(S(=O)(=O)NCc2cccc(C(N)=S)c2)s1. The third kappa shape index (κ3) is 3.63. The average Bonchev–Trinajstić information content (AvgIpc) is 2.84. The lowest BCUT2D eigenvalue weighted by atomic mass is 10.1. The van der Waals surface area contributed by atoms with Crippen LogP contribution >= 0.6 is 23.6 Å². The highest BCUT2D eigenvalue weighted by molar-refractivity contribution is 7.91. The molecule has 1 aromatic carbocycles. The minimum absolute atomic E-state index is 0.204. The van der Waals surface area contributed by atoms with Crippen molar-refractivity contribution >= 4 is 38.6 Å². The lowest BCUT2D eigenvalue weighted by Gasteiger charge is -2.06. The van der Waals surface area contributed by atoms with Gasteiger partial charge in [-0.1, -0.05) is 30.4 Å². The molecule has 0 radical (unpaired) electrons. The molecular formula is C13H14N2O2S3. The lowest BCUT2D eigenvalue weighted by molar-refractivity contribution is 0.583. The van der Waals surface area contributed by atoms with Crippen LogP contribution in [0.25, 0.3) is 0 Å². The molecule has 2 aromatic rings. The average molecular weight is 326 g/mol. The number of rotatable bonds is 5. The molecule has 20 heavy (non-hydrogen) atoms. The van der Waals surface area contributed by atoms with Gasteiger partial charge in [0.25, 0.3) is 0 Å². The zero-order valence-electron chi connectivity index (χ0n) is 10.8. The summed E-state index contributed by atoms with van der Waals surface area (Å²) in [5, 5.41) is 0. The van der Waals surface area contributed by atoms with E-state index in [-0.39, 0.29) is 6.54 Å². The summed E-state index contributed by atoms with van der Waals surface area (Å²) in [6.45, 7) is 2.07. The molecule has 0 saturated heterocycles. The van der Waals surface area contributed by atoms with Gasteiger partial charge in [0.1, 0.15) is 9.20 Å². The van der Waals surface area contributed by atoms with Crippen LogP contribution < -0.4 is 10.5 Å². The van der Waals surface area contributed by atoms with Crippen molar-refractivity contribution in [2.75, 3.05) is 0 Å². The second-order valence-electron chi connectivity index (χ2n) is 4.25. The zero-order chi connectivity index (χ0) is 14.8. The van der Waals surface area contributed by atoms with E-state index in [1.807, 2.05) is 13.0 Å². The summed E-state index contributed by atoms with van der Waals surface area (Å²) < 4.78 is 27.1. The molecule has 0 bridgehead atoms. The fraction of sp³-hybridized carbons (Fsp3) is 0.154. The second kappa shape index (κ2) is 6.01. The molecule has 0 unspecified atom stereocenters. The fourth-order valence-electron chi connectivity index (χ4n) is 1.64. The number of hydrogen-bond donors (Lipinski definition) is 2. The summed E-state index contributed by atoms with van der Waals surface area (Å²) in [5.41, 5.74) is 7.09. The first-order valence-corrected chi connectivity index (χ1v) is 8.54. The minimum atomic E-state index is -3.47. The highest BCUT2D eigenvalue weighted by Crippen LogP contribution is 2.20. The van der Waals surface area contributed by atoms with Gasteiger partial charge in [0, 0.05) is 17.0 Å². The lowest BCUT2D eigenvalue weighted by Crippen LogP contribution is -2.22. The third-order valence-electron chi connectivity index (χ3n) is 2.66. The smallest absolute Gasteiger partial charge is 0.250 e. The molecule has 7 heteroatoms. The molecular weight excluding hydrogens is 312 g/mol. The molecule has 2 rings (SSSR count). The van der Waals surface area contributed by atoms with E-state index in [0.29, 0.717) is 9.20 Å². The highest BCUT2D eigenvalue weighted by Gasteiger charge is 2.15. The van der Waals surface area contributed by atoms with Crippen LogP contribution in [0.5, 0.6) is 0 Å². The van der Waals surface area contributed by atoms with Crippen molar-refractivity contribution in [1.82, 2.24) is 4.72 Å². The van der Waals surface area contributed by atoms with Crippen molar-refractivity contribution in [3.8, 4) is 0 Å². The van der Waals surface area contributed by atoms with E-state index < -0.39 is 10.0 Å². The molecule has 1 heterocycles. The molecule has 0 saturated carbocycles. The maximum absolute atomic E-state index is 12.1. The van der Waals surface area contributed by atoms with Crippen molar-refractivity contribution in [2.45, 2.75) is 17.7 Å². The largest absolute Gasteiger partial charge is 0.389 e. The van der Waals surface area contributed by atoms with E-state index >= 15 is 0 Å². The fourth-order valence-corrected chi connectivity index (χ4v) is 4.11. The van der Waals surface area contributed by atoms with E-state index in [0.717, 1.165) is 16.0 Å². The van der Waals surface area contributed by atoms with Crippen molar-refractivity contribution in [1.29, 1.82) is 0 Å². The van der Waals surface area contributed by atoms with Gasteiger partial charge in [-0.3, -0.25) is 0 Å². The molecule has 3 N–H and O–H groups in total. The first-order valence-electron chi connectivity index (χ1n) is 5.83. The Bertz CT molecular complexity index is 736. The van der Waals surface area contributed by atoms with Crippen LogP contribution in [-0.2, 0) is 16.6 Å². The van der Waals surface area contributed by atoms with Gasteiger partial charge in [-0.25, -0.2) is 13.1 Å². The quantitative estimate of drug-likeness (QED) is 0.826. The Morgan fingerprint density at radius 2 is 2.10 bits per heavy atom. The zero-order valence-corrected chi connectivity index (χ0v) is 13.2. The summed E-state index contributed by atoms with van der Waals surface area (Å²) in [5.74, 6) is 0. The first-order chi connectivity index (χ1) is 9.38. The van der Waals surface area contributed by atoms with Crippen LogP contribution in [0.15, 0.2) is 40.6 Å². The molecule has 106 valence electrons. The molecule has 4 nitrogen and oxygen atoms in total. The van der Waals surface area contributed by atoms with Gasteiger partial charge in [-0.2, -0.15) is 0 Å². The maximum atomic E-state index is 12.1. The molecule has 0 amide bonds. The monoisotopic (exact) mass is 326 g/mol. The van der Waals surface area contributed by atoms with E-state index in [1.165, 1.54) is 11.3 Å². The molecule has 0 aliphatic heterocycles. The summed E-state index contributed by atoms with van der Waals surface area (Å²) >= 11 is 6.15. The summed E-state index contributed by atoms with van der Waals surface area (Å²) in [4.78, 5) is 1.25. The maximum Gasteiger partial charge on any atom is 0.250 e. The Morgan fingerprint density at radius 3 is 2.70 bits per heavy atom. The van der Waals surface area contributed by atoms with Crippen molar-refractivity contribution in [3.05, 3.63) is 52.4 Å². The van der Waals surface area contributed by atoms with Crippen LogP contribution in [0.2, 0.25) is 0 Å². The normalized spacial score (nSPS) is 11.4. The molecule has 0 fully saturated rings. The van der Waals surface area contributed by atoms with Gasteiger partial charge in [-0.05, 0) is 30.7 Å². The number of nitrogens with one attached hydrogen (secondary N) is 1. The predicted octanol–water partition coefficient (Wildman–Crippen LogP) is 2.17. The van der Waals surface area contributed by atoms with E-state index in [1.54, 1.807) is 30.3 Å². The van der Waals surface area contributed by atoms with Crippen LogP contribution in [0, 0.1) is 6.92 Å². The van der Waals surface area contributed by atoms with Crippen molar-refractivity contribution < 1.29 is 8.42 Å². The van der Waals surface area contributed by atoms with Gasteiger partial charge in [0.05, 0.1) is 0 Å². The predicted molar refractivity (Wildman–Crippen MR) is 85.4 cm³/mol. The number of aryl methyl sites for hydroxylation is 1. The van der Waals surface area contributed by atoms with Crippen LogP contribution in [0.3, 0.4) is 0 Å². The van der Waals surface area contributed by atoms with Gasteiger partial charge in [0.15, 0.2) is 0 Å². The topological polar surface area (TPSA) is 72.2 Å². The minimum Gasteiger partial charge on any atom is -0.389 e. The number of thiophene rings is 1. The highest BCUT2D eigenvalue weighted by atomic mass is 32.2. The number of hydrogen-bond acceptors (Lipinski definition) is 4. The van der Waals surface area contributed by atoms with Crippen LogP contribution in [0.4, 0.5) is 0 Å². The summed E-state index contributed by atoms with van der Waals surface area (Å²) in [7, 11) is -3.47. The molecule has 0 aliphatic rings. The number of sulfonamides is 1. The molecule has 0 aliphatic carbocycles. The Hall–Kier alpha value is -1.28. The number of thiocarbonyl (C=S) groups is 1. The van der Waals surface area contributed by atoms with Crippen LogP contribution in [-0.4, -0.2) is 13.4 Å². The second-order valence-corrected chi connectivity index (χ2v) is 7.98. The Balaban J connectivity index is 2.12. The number of benzene rings is 1. The Morgan fingerprint density at radius 1 is 1.35 bits per heavy atom. The van der Waals surface area contributed by atoms with Gasteiger partial charge in [0.2, 0.25) is 10.0 Å². The van der Waals surface area contributed by atoms with E-state index in [2.05, 4.69) is 4.72 Å². The first kappa shape index (κ1) is 15.1. The number of nitrogens with two attached hydrogens (primary N) is 1. The summed E-state index contributed by atoms with van der Waals surface area (Å²) in [6, 6.07) is 10.6. The third-order valence-corrected chi connectivity index (χ3v) is 5.79. The standard InChI is InChI=1S/C13H14N2O2S3/c1-9-5-6-12(19-9)20(16,17)15-8-10-3-2-4-11(7-10)13(14)18/h2-7,15H,8H2,1H3,(H2,14,18). The molecule has 0 spiro atoms.